The van der Waals surface area contributed by atoms with Crippen LogP contribution in [0.25, 0.3) is 6.08 Å². The van der Waals surface area contributed by atoms with Gasteiger partial charge in [0.1, 0.15) is 5.60 Å². The fourth-order valence-electron chi connectivity index (χ4n) is 1.68. The third-order valence-electron chi connectivity index (χ3n) is 2.72. The zero-order valence-electron chi connectivity index (χ0n) is 13.7. The smallest absolute Gasteiger partial charge is 0.335 e. The highest BCUT2D eigenvalue weighted by molar-refractivity contribution is 7.54. The number of rotatable bonds is 6. The van der Waals surface area contributed by atoms with E-state index in [2.05, 4.69) is 0 Å². The molecule has 0 radical (unpaired) electrons. The molecule has 0 heterocycles. The zero-order valence-corrected chi connectivity index (χ0v) is 14.6. The Hall–Kier alpha value is -1.42. The quantitative estimate of drug-likeness (QED) is 0.451. The first-order chi connectivity index (χ1) is 10.2. The SMILES string of the molecule is COP(=O)(C/C(=C\c1ccccc1)C(=O)OC(C)(C)C)OC. The lowest BCUT2D eigenvalue weighted by Crippen LogP contribution is -2.26. The minimum absolute atomic E-state index is 0.149. The Kier molecular flexibility index (Phi) is 6.54. The Labute approximate surface area is 131 Å². The fraction of sp³-hybridized carbons (Fsp3) is 0.438. The number of esters is 1. The molecule has 0 fully saturated rings. The molecule has 0 aromatic heterocycles. The molecule has 0 amide bonds. The largest absolute Gasteiger partial charge is 0.457 e. The predicted molar refractivity (Wildman–Crippen MR) is 86.8 cm³/mol. The minimum Gasteiger partial charge on any atom is -0.457 e. The molecule has 0 spiro atoms. The second-order valence-electron chi connectivity index (χ2n) is 5.72. The van der Waals surface area contributed by atoms with Crippen molar-refractivity contribution < 1.29 is 23.1 Å². The van der Waals surface area contributed by atoms with Crippen LogP contribution in [0.4, 0.5) is 0 Å². The molecule has 1 aromatic carbocycles. The summed E-state index contributed by atoms with van der Waals surface area (Å²) < 4.78 is 27.5. The van der Waals surface area contributed by atoms with E-state index >= 15 is 0 Å². The molecule has 0 bridgehead atoms. The van der Waals surface area contributed by atoms with Crippen LogP contribution in [0.5, 0.6) is 0 Å². The van der Waals surface area contributed by atoms with Crippen molar-refractivity contribution in [2.45, 2.75) is 26.4 Å². The summed E-state index contributed by atoms with van der Waals surface area (Å²) in [5.74, 6) is -0.536. The molecule has 0 atom stereocenters. The summed E-state index contributed by atoms with van der Waals surface area (Å²) in [5.41, 5.74) is 0.409. The van der Waals surface area contributed by atoms with Gasteiger partial charge in [0, 0.05) is 19.8 Å². The maximum absolute atomic E-state index is 12.4. The number of ether oxygens (including phenoxy) is 1. The van der Waals surface area contributed by atoms with E-state index < -0.39 is 19.2 Å². The number of hydrogen-bond acceptors (Lipinski definition) is 5. The molecule has 0 saturated carbocycles. The standard InChI is InChI=1S/C16H23O5P/c1-16(2,3)21-15(17)14(12-22(18,19-4)20-5)11-13-9-7-6-8-10-13/h6-11H,12H2,1-5H3/b14-11+. The summed E-state index contributed by atoms with van der Waals surface area (Å²) in [5, 5.41) is 0. The highest BCUT2D eigenvalue weighted by atomic mass is 31.2. The Morgan fingerprint density at radius 3 is 2.14 bits per heavy atom. The molecule has 0 N–H and O–H groups in total. The molecule has 1 aromatic rings. The van der Waals surface area contributed by atoms with Gasteiger partial charge in [0.2, 0.25) is 0 Å². The van der Waals surface area contributed by atoms with Crippen molar-refractivity contribution in [3.63, 3.8) is 0 Å². The number of hydrogen-bond donors (Lipinski definition) is 0. The highest BCUT2D eigenvalue weighted by Crippen LogP contribution is 2.48. The van der Waals surface area contributed by atoms with Crippen molar-refractivity contribution in [1.29, 1.82) is 0 Å². The minimum atomic E-state index is -3.36. The molecule has 0 saturated heterocycles. The molecule has 5 nitrogen and oxygen atoms in total. The van der Waals surface area contributed by atoms with Gasteiger partial charge < -0.3 is 13.8 Å². The first-order valence-electron chi connectivity index (χ1n) is 6.88. The Morgan fingerprint density at radius 1 is 1.14 bits per heavy atom. The van der Waals surface area contributed by atoms with Gasteiger partial charge in [-0.15, -0.1) is 0 Å². The van der Waals surface area contributed by atoms with Gasteiger partial charge in [-0.1, -0.05) is 30.3 Å². The van der Waals surface area contributed by atoms with Gasteiger partial charge in [0.15, 0.2) is 0 Å². The average molecular weight is 326 g/mol. The number of benzene rings is 1. The molecule has 0 aliphatic rings. The third-order valence-corrected chi connectivity index (χ3v) is 4.56. The van der Waals surface area contributed by atoms with Crippen LogP contribution in [0.1, 0.15) is 26.3 Å². The molecule has 6 heteroatoms. The molecule has 1 rings (SSSR count). The van der Waals surface area contributed by atoms with Crippen LogP contribution >= 0.6 is 7.60 Å². The fourth-order valence-corrected chi connectivity index (χ4v) is 2.72. The first-order valence-corrected chi connectivity index (χ1v) is 8.61. The lowest BCUT2D eigenvalue weighted by atomic mass is 10.1. The average Bonchev–Trinajstić information content (AvgIpc) is 2.45. The van der Waals surface area contributed by atoms with Crippen LogP contribution in [0.15, 0.2) is 35.9 Å². The molecule has 122 valence electrons. The molecular weight excluding hydrogens is 303 g/mol. The molecule has 0 aliphatic heterocycles. The number of carbonyl (C=O) groups is 1. The van der Waals surface area contributed by atoms with Gasteiger partial charge in [0.25, 0.3) is 0 Å². The van der Waals surface area contributed by atoms with E-state index in [0.717, 1.165) is 5.56 Å². The van der Waals surface area contributed by atoms with Crippen molar-refractivity contribution in [2.75, 3.05) is 20.4 Å². The summed E-state index contributed by atoms with van der Waals surface area (Å²) in [6.45, 7) is 5.33. The maximum atomic E-state index is 12.4. The zero-order chi connectivity index (χ0) is 16.8. The van der Waals surface area contributed by atoms with E-state index in [1.54, 1.807) is 26.8 Å². The van der Waals surface area contributed by atoms with Crippen molar-refractivity contribution in [1.82, 2.24) is 0 Å². The van der Waals surface area contributed by atoms with E-state index in [0.29, 0.717) is 0 Å². The van der Waals surface area contributed by atoms with E-state index in [9.17, 15) is 9.36 Å². The lowest BCUT2D eigenvalue weighted by molar-refractivity contribution is -0.149. The van der Waals surface area contributed by atoms with Crippen LogP contribution in [0, 0.1) is 0 Å². The van der Waals surface area contributed by atoms with Crippen LogP contribution in [-0.2, 0) is 23.1 Å². The van der Waals surface area contributed by atoms with Gasteiger partial charge in [0.05, 0.1) is 6.16 Å². The van der Waals surface area contributed by atoms with Crippen LogP contribution in [0.2, 0.25) is 0 Å². The summed E-state index contributed by atoms with van der Waals surface area (Å²) in [6, 6.07) is 9.26. The van der Waals surface area contributed by atoms with Crippen molar-refractivity contribution >= 4 is 19.6 Å². The van der Waals surface area contributed by atoms with Gasteiger partial charge in [-0.05, 0) is 32.4 Å². The topological polar surface area (TPSA) is 61.8 Å². The van der Waals surface area contributed by atoms with E-state index in [1.165, 1.54) is 14.2 Å². The monoisotopic (exact) mass is 326 g/mol. The predicted octanol–water partition coefficient (Wildman–Crippen LogP) is 3.90. The molecular formula is C16H23O5P. The maximum Gasteiger partial charge on any atom is 0.335 e. The highest BCUT2D eigenvalue weighted by Gasteiger charge is 2.29. The van der Waals surface area contributed by atoms with E-state index in [4.69, 9.17) is 13.8 Å². The Balaban J connectivity index is 3.13. The number of carbonyl (C=O) groups excluding carboxylic acids is 1. The second-order valence-corrected chi connectivity index (χ2v) is 7.98. The van der Waals surface area contributed by atoms with Crippen LogP contribution in [-0.4, -0.2) is 32.0 Å². The van der Waals surface area contributed by atoms with Crippen molar-refractivity contribution in [3.8, 4) is 0 Å². The molecule has 0 aliphatic carbocycles. The van der Waals surface area contributed by atoms with Crippen molar-refractivity contribution in [2.24, 2.45) is 0 Å². The summed E-state index contributed by atoms with van der Waals surface area (Å²) in [7, 11) is -0.780. The van der Waals surface area contributed by atoms with E-state index in [-0.39, 0.29) is 11.7 Å². The van der Waals surface area contributed by atoms with Crippen LogP contribution in [0.3, 0.4) is 0 Å². The molecule has 0 unspecified atom stereocenters. The first kappa shape index (κ1) is 18.6. The van der Waals surface area contributed by atoms with E-state index in [1.807, 2.05) is 30.3 Å². The van der Waals surface area contributed by atoms with Crippen molar-refractivity contribution in [3.05, 3.63) is 41.5 Å². The summed E-state index contributed by atoms with van der Waals surface area (Å²) in [4.78, 5) is 12.4. The Morgan fingerprint density at radius 2 is 1.68 bits per heavy atom. The van der Waals surface area contributed by atoms with Gasteiger partial charge in [-0.3, -0.25) is 4.57 Å². The summed E-state index contributed by atoms with van der Waals surface area (Å²) in [6.07, 6.45) is 1.49. The lowest BCUT2D eigenvalue weighted by Gasteiger charge is -2.22. The second kappa shape index (κ2) is 7.73. The normalized spacial score (nSPS) is 13.0. The van der Waals surface area contributed by atoms with Gasteiger partial charge >= 0.3 is 13.6 Å². The third kappa shape index (κ3) is 6.14. The van der Waals surface area contributed by atoms with Crippen LogP contribution < -0.4 is 0 Å². The Bertz CT molecular complexity index is 564. The summed E-state index contributed by atoms with van der Waals surface area (Å²) >= 11 is 0. The molecule has 22 heavy (non-hydrogen) atoms. The van der Waals surface area contributed by atoms with Gasteiger partial charge in [-0.25, -0.2) is 4.79 Å². The van der Waals surface area contributed by atoms with Gasteiger partial charge in [-0.2, -0.15) is 0 Å².